The summed E-state index contributed by atoms with van der Waals surface area (Å²) in [5.74, 6) is 0.0888. The number of nitrogens with zero attached hydrogens (tertiary/aromatic N) is 1. The Kier molecular flexibility index (Phi) is 6.22. The summed E-state index contributed by atoms with van der Waals surface area (Å²) in [6.45, 7) is 5.52. The molecule has 0 bridgehead atoms. The van der Waals surface area contributed by atoms with E-state index in [-0.39, 0.29) is 11.9 Å². The van der Waals surface area contributed by atoms with E-state index in [2.05, 4.69) is 5.32 Å². The van der Waals surface area contributed by atoms with Crippen molar-refractivity contribution in [2.45, 2.75) is 19.9 Å². The lowest BCUT2D eigenvalue weighted by Gasteiger charge is -2.26. The highest BCUT2D eigenvalue weighted by Gasteiger charge is 2.15. The maximum Gasteiger partial charge on any atom is 0.242 e. The number of hydrogen-bond acceptors (Lipinski definition) is 3. The van der Waals surface area contributed by atoms with Gasteiger partial charge < -0.3 is 15.0 Å². The van der Waals surface area contributed by atoms with Crippen LogP contribution in [-0.2, 0) is 9.53 Å². The first-order chi connectivity index (χ1) is 8.65. The number of carbonyl (C=O) groups is 1. The average Bonchev–Trinajstić information content (AvgIpc) is 2.37. The Bertz CT molecular complexity index is 352. The minimum absolute atomic E-state index is 0.0888. The van der Waals surface area contributed by atoms with Gasteiger partial charge in [0.05, 0.1) is 13.2 Å². The van der Waals surface area contributed by atoms with Gasteiger partial charge in [-0.25, -0.2) is 0 Å². The summed E-state index contributed by atoms with van der Waals surface area (Å²) >= 11 is 0. The Hall–Kier alpha value is -1.55. The van der Waals surface area contributed by atoms with Crippen molar-refractivity contribution in [1.82, 2.24) is 4.90 Å². The van der Waals surface area contributed by atoms with E-state index in [0.29, 0.717) is 19.7 Å². The largest absolute Gasteiger partial charge is 0.383 e. The van der Waals surface area contributed by atoms with Crippen LogP contribution < -0.4 is 5.32 Å². The Morgan fingerprint density at radius 3 is 2.56 bits per heavy atom. The SMILES string of the molecule is COCCN(C(=O)CNc1ccccc1)C(C)C. The third kappa shape index (κ3) is 4.75. The molecule has 1 N–H and O–H groups in total. The normalized spacial score (nSPS) is 10.4. The van der Waals surface area contributed by atoms with Crippen LogP contribution in [0.15, 0.2) is 30.3 Å². The quantitative estimate of drug-likeness (QED) is 0.804. The number of rotatable bonds is 7. The molecule has 0 unspecified atom stereocenters. The molecule has 0 aliphatic rings. The molecule has 1 aromatic carbocycles. The molecule has 0 saturated carbocycles. The van der Waals surface area contributed by atoms with Crippen LogP contribution in [0.1, 0.15) is 13.8 Å². The van der Waals surface area contributed by atoms with Gasteiger partial charge in [0.15, 0.2) is 0 Å². The molecule has 1 aromatic rings. The van der Waals surface area contributed by atoms with Crippen molar-refractivity contribution in [1.29, 1.82) is 0 Å². The van der Waals surface area contributed by atoms with Crippen molar-refractivity contribution in [3.8, 4) is 0 Å². The first-order valence-corrected chi connectivity index (χ1v) is 6.22. The molecule has 0 aliphatic carbocycles. The molecule has 0 aliphatic heterocycles. The van der Waals surface area contributed by atoms with E-state index < -0.39 is 0 Å². The Morgan fingerprint density at radius 2 is 2.00 bits per heavy atom. The topological polar surface area (TPSA) is 41.6 Å². The lowest BCUT2D eigenvalue weighted by Crippen LogP contribution is -2.42. The van der Waals surface area contributed by atoms with Crippen molar-refractivity contribution in [3.63, 3.8) is 0 Å². The van der Waals surface area contributed by atoms with Crippen molar-refractivity contribution in [3.05, 3.63) is 30.3 Å². The van der Waals surface area contributed by atoms with Crippen molar-refractivity contribution < 1.29 is 9.53 Å². The highest BCUT2D eigenvalue weighted by Crippen LogP contribution is 2.05. The molecule has 4 nitrogen and oxygen atoms in total. The molecule has 100 valence electrons. The molecule has 0 atom stereocenters. The zero-order chi connectivity index (χ0) is 13.4. The van der Waals surface area contributed by atoms with Gasteiger partial charge in [-0.05, 0) is 26.0 Å². The first-order valence-electron chi connectivity index (χ1n) is 6.22. The molecular formula is C14H22N2O2. The summed E-state index contributed by atoms with van der Waals surface area (Å²) in [6, 6.07) is 9.91. The number of para-hydroxylation sites is 1. The third-order valence-electron chi connectivity index (χ3n) is 2.70. The number of amides is 1. The number of carbonyl (C=O) groups excluding carboxylic acids is 1. The van der Waals surface area contributed by atoms with E-state index in [0.717, 1.165) is 5.69 Å². The molecule has 0 fully saturated rings. The van der Waals surface area contributed by atoms with Crippen LogP contribution in [0.4, 0.5) is 5.69 Å². The second-order valence-electron chi connectivity index (χ2n) is 4.39. The second kappa shape index (κ2) is 7.71. The van der Waals surface area contributed by atoms with Crippen molar-refractivity contribution in [2.24, 2.45) is 0 Å². The number of anilines is 1. The number of ether oxygens (including phenoxy) is 1. The lowest BCUT2D eigenvalue weighted by atomic mass is 10.3. The maximum absolute atomic E-state index is 12.1. The van der Waals surface area contributed by atoms with Gasteiger partial charge in [0.25, 0.3) is 0 Å². The van der Waals surface area contributed by atoms with Gasteiger partial charge in [-0.3, -0.25) is 4.79 Å². The van der Waals surface area contributed by atoms with E-state index in [9.17, 15) is 4.79 Å². The van der Waals surface area contributed by atoms with Crippen LogP contribution >= 0.6 is 0 Å². The third-order valence-corrected chi connectivity index (χ3v) is 2.70. The molecular weight excluding hydrogens is 228 g/mol. The van der Waals surface area contributed by atoms with Crippen LogP contribution in [0.5, 0.6) is 0 Å². The Balaban J connectivity index is 2.46. The summed E-state index contributed by atoms with van der Waals surface area (Å²) in [5, 5.41) is 3.12. The number of benzene rings is 1. The van der Waals surface area contributed by atoms with Gasteiger partial charge in [0.2, 0.25) is 5.91 Å². The zero-order valence-corrected chi connectivity index (χ0v) is 11.3. The minimum atomic E-state index is 0.0888. The second-order valence-corrected chi connectivity index (χ2v) is 4.39. The van der Waals surface area contributed by atoms with Crippen LogP contribution in [0.3, 0.4) is 0 Å². The highest BCUT2D eigenvalue weighted by molar-refractivity contribution is 5.81. The number of nitrogens with one attached hydrogen (secondary N) is 1. The van der Waals surface area contributed by atoms with Gasteiger partial charge in [0, 0.05) is 25.4 Å². The predicted molar refractivity (Wildman–Crippen MR) is 73.7 cm³/mol. The van der Waals surface area contributed by atoms with E-state index in [1.165, 1.54) is 0 Å². The van der Waals surface area contributed by atoms with E-state index in [1.807, 2.05) is 49.1 Å². The molecule has 1 amide bonds. The molecule has 0 radical (unpaired) electrons. The van der Waals surface area contributed by atoms with Crippen LogP contribution in [0.2, 0.25) is 0 Å². The molecule has 0 saturated heterocycles. The molecule has 0 aromatic heterocycles. The van der Waals surface area contributed by atoms with E-state index >= 15 is 0 Å². The van der Waals surface area contributed by atoms with Crippen LogP contribution in [0.25, 0.3) is 0 Å². The number of methoxy groups -OCH3 is 1. The fourth-order valence-electron chi connectivity index (χ4n) is 1.70. The molecule has 0 heterocycles. The molecule has 18 heavy (non-hydrogen) atoms. The Labute approximate surface area is 109 Å². The Morgan fingerprint density at radius 1 is 1.33 bits per heavy atom. The fraction of sp³-hybridized carbons (Fsp3) is 0.500. The van der Waals surface area contributed by atoms with Crippen molar-refractivity contribution in [2.75, 3.05) is 32.1 Å². The molecule has 0 spiro atoms. The molecule has 4 heteroatoms. The summed E-state index contributed by atoms with van der Waals surface area (Å²) in [4.78, 5) is 13.9. The summed E-state index contributed by atoms with van der Waals surface area (Å²) in [5.41, 5.74) is 0.960. The predicted octanol–water partition coefficient (Wildman–Crippen LogP) is 1.98. The van der Waals surface area contributed by atoms with Gasteiger partial charge in [-0.1, -0.05) is 18.2 Å². The smallest absolute Gasteiger partial charge is 0.242 e. The zero-order valence-electron chi connectivity index (χ0n) is 11.3. The summed E-state index contributed by atoms with van der Waals surface area (Å²) < 4.78 is 5.02. The molecule has 1 rings (SSSR count). The first kappa shape index (κ1) is 14.5. The monoisotopic (exact) mass is 250 g/mol. The van der Waals surface area contributed by atoms with Crippen molar-refractivity contribution >= 4 is 11.6 Å². The van der Waals surface area contributed by atoms with Gasteiger partial charge in [-0.2, -0.15) is 0 Å². The summed E-state index contributed by atoms with van der Waals surface area (Å²) in [6.07, 6.45) is 0. The fourth-order valence-corrected chi connectivity index (χ4v) is 1.70. The van der Waals surface area contributed by atoms with Crippen LogP contribution in [-0.4, -0.2) is 43.7 Å². The van der Waals surface area contributed by atoms with E-state index in [4.69, 9.17) is 4.74 Å². The average molecular weight is 250 g/mol. The number of hydrogen-bond donors (Lipinski definition) is 1. The van der Waals surface area contributed by atoms with E-state index in [1.54, 1.807) is 7.11 Å². The lowest BCUT2D eigenvalue weighted by molar-refractivity contribution is -0.131. The standard InChI is InChI=1S/C14H22N2O2/c1-12(2)16(9-10-18-3)14(17)11-15-13-7-5-4-6-8-13/h4-8,12,15H,9-11H2,1-3H3. The van der Waals surface area contributed by atoms with Crippen LogP contribution in [0, 0.1) is 0 Å². The minimum Gasteiger partial charge on any atom is -0.383 e. The van der Waals surface area contributed by atoms with Gasteiger partial charge >= 0.3 is 0 Å². The summed E-state index contributed by atoms with van der Waals surface area (Å²) in [7, 11) is 1.64. The van der Waals surface area contributed by atoms with Gasteiger partial charge in [-0.15, -0.1) is 0 Å². The maximum atomic E-state index is 12.1. The highest BCUT2D eigenvalue weighted by atomic mass is 16.5. The van der Waals surface area contributed by atoms with Gasteiger partial charge in [0.1, 0.15) is 0 Å².